The second kappa shape index (κ2) is 8.14. The zero-order chi connectivity index (χ0) is 19.5. The van der Waals surface area contributed by atoms with Gasteiger partial charge in [0.1, 0.15) is 5.01 Å². The van der Waals surface area contributed by atoms with Crippen LogP contribution in [0.3, 0.4) is 0 Å². The van der Waals surface area contributed by atoms with Gasteiger partial charge >= 0.3 is 0 Å². The first-order valence-corrected chi connectivity index (χ1v) is 9.62. The molecule has 2 atom stereocenters. The lowest BCUT2D eigenvalue weighted by Gasteiger charge is -2.25. The van der Waals surface area contributed by atoms with E-state index in [9.17, 15) is 9.59 Å². The lowest BCUT2D eigenvalue weighted by atomic mass is 10.1. The van der Waals surface area contributed by atoms with Crippen LogP contribution >= 0.6 is 11.3 Å². The van der Waals surface area contributed by atoms with Crippen LogP contribution in [-0.4, -0.2) is 54.4 Å². The molecule has 1 heterocycles. The summed E-state index contributed by atoms with van der Waals surface area (Å²) in [5.41, 5.74) is 0.696. The quantitative estimate of drug-likeness (QED) is 0.796. The molecule has 0 saturated heterocycles. The molecule has 0 radical (unpaired) electrons. The topological polar surface area (TPSA) is 66.7 Å². The van der Waals surface area contributed by atoms with Crippen LogP contribution in [0.25, 0.3) is 10.2 Å². The van der Waals surface area contributed by atoms with Crippen molar-refractivity contribution in [3.63, 3.8) is 0 Å². The number of para-hydroxylation sites is 1. The Labute approximate surface area is 159 Å². The molecule has 26 heavy (non-hydrogen) atoms. The molecule has 2 N–H and O–H groups in total. The standard InChI is InChI=1S/C19H28N4O2S/c1-13(18-20-14-9-7-8-10-15(14)26-18)23(6)17(25)12-22(5)11-16(24)21-19(2,3)4/h7-10,13H,11-12H2,1-6H3,(H,21,24)/p+1/t13-/m0/s1. The lowest BCUT2D eigenvalue weighted by molar-refractivity contribution is -0.863. The monoisotopic (exact) mass is 377 g/mol. The fourth-order valence-electron chi connectivity index (χ4n) is 2.63. The van der Waals surface area contributed by atoms with Crippen molar-refractivity contribution in [3.8, 4) is 0 Å². The molecule has 7 heteroatoms. The summed E-state index contributed by atoms with van der Waals surface area (Å²) in [6.45, 7) is 8.35. The Balaban J connectivity index is 1.94. The van der Waals surface area contributed by atoms with Crippen LogP contribution in [0.5, 0.6) is 0 Å². The third kappa shape index (κ3) is 5.51. The third-order valence-corrected chi connectivity index (χ3v) is 5.28. The summed E-state index contributed by atoms with van der Waals surface area (Å²) in [5.74, 6) is -0.0533. The first kappa shape index (κ1) is 20.3. The van der Waals surface area contributed by atoms with Crippen molar-refractivity contribution >= 4 is 33.4 Å². The molecule has 1 aromatic carbocycles. The van der Waals surface area contributed by atoms with E-state index in [0.29, 0.717) is 0 Å². The average Bonchev–Trinajstić information content (AvgIpc) is 2.95. The van der Waals surface area contributed by atoms with Gasteiger partial charge in [-0.05, 0) is 39.8 Å². The Morgan fingerprint density at radius 1 is 1.27 bits per heavy atom. The molecule has 142 valence electrons. The first-order chi connectivity index (χ1) is 12.1. The molecular weight excluding hydrogens is 348 g/mol. The summed E-state index contributed by atoms with van der Waals surface area (Å²) < 4.78 is 1.12. The number of quaternary nitrogens is 1. The number of rotatable bonds is 6. The summed E-state index contributed by atoms with van der Waals surface area (Å²) in [5, 5.41) is 3.84. The molecule has 0 aliphatic rings. The Kier molecular flexibility index (Phi) is 6.36. The minimum atomic E-state index is -0.264. The zero-order valence-corrected chi connectivity index (χ0v) is 17.2. The van der Waals surface area contributed by atoms with Crippen LogP contribution in [0.4, 0.5) is 0 Å². The molecule has 2 rings (SSSR count). The number of nitrogens with one attached hydrogen (secondary N) is 2. The maximum atomic E-state index is 12.6. The van der Waals surface area contributed by atoms with Crippen LogP contribution in [0.15, 0.2) is 24.3 Å². The van der Waals surface area contributed by atoms with E-state index in [1.807, 2.05) is 59.0 Å². The van der Waals surface area contributed by atoms with Gasteiger partial charge in [0.15, 0.2) is 13.1 Å². The lowest BCUT2D eigenvalue weighted by Crippen LogP contribution is -3.11. The van der Waals surface area contributed by atoms with Crippen LogP contribution in [0.1, 0.15) is 38.7 Å². The fraction of sp³-hybridized carbons (Fsp3) is 0.526. The van der Waals surface area contributed by atoms with Gasteiger partial charge in [-0.25, -0.2) is 4.98 Å². The summed E-state index contributed by atoms with van der Waals surface area (Å²) in [4.78, 5) is 31.8. The van der Waals surface area contributed by atoms with Crippen molar-refractivity contribution in [2.75, 3.05) is 27.2 Å². The van der Waals surface area contributed by atoms with Crippen molar-refractivity contribution in [3.05, 3.63) is 29.3 Å². The van der Waals surface area contributed by atoms with Gasteiger partial charge in [-0.2, -0.15) is 0 Å². The minimum Gasteiger partial charge on any atom is -0.347 e. The molecule has 0 bridgehead atoms. The van der Waals surface area contributed by atoms with Crippen molar-refractivity contribution < 1.29 is 14.5 Å². The third-order valence-electron chi connectivity index (χ3n) is 4.07. The number of fused-ring (bicyclic) bond motifs is 1. The van der Waals surface area contributed by atoms with E-state index in [1.165, 1.54) is 0 Å². The molecule has 0 aliphatic heterocycles. The smallest absolute Gasteiger partial charge is 0.278 e. The molecular formula is C19H29N4O2S+. The summed E-state index contributed by atoms with van der Waals surface area (Å²) in [7, 11) is 3.65. The van der Waals surface area contributed by atoms with Gasteiger partial charge in [0, 0.05) is 12.6 Å². The molecule has 0 aliphatic carbocycles. The highest BCUT2D eigenvalue weighted by atomic mass is 32.1. The summed E-state index contributed by atoms with van der Waals surface area (Å²) in [6, 6.07) is 7.87. The van der Waals surface area contributed by atoms with Gasteiger partial charge in [0.05, 0.1) is 23.3 Å². The average molecular weight is 378 g/mol. The highest BCUT2D eigenvalue weighted by Gasteiger charge is 2.24. The second-order valence-electron chi connectivity index (χ2n) is 7.81. The van der Waals surface area contributed by atoms with E-state index >= 15 is 0 Å². The Morgan fingerprint density at radius 2 is 1.92 bits per heavy atom. The predicted octanol–water partition coefficient (Wildman–Crippen LogP) is 1.25. The Bertz CT molecular complexity index is 748. The van der Waals surface area contributed by atoms with Crippen LogP contribution in [0, 0.1) is 0 Å². The highest BCUT2D eigenvalue weighted by molar-refractivity contribution is 7.18. The number of carbonyl (C=O) groups excluding carboxylic acids is 2. The highest BCUT2D eigenvalue weighted by Crippen LogP contribution is 2.28. The normalized spacial score (nSPS) is 14.1. The number of benzene rings is 1. The van der Waals surface area contributed by atoms with E-state index in [-0.39, 0.29) is 36.5 Å². The molecule has 6 nitrogen and oxygen atoms in total. The largest absolute Gasteiger partial charge is 0.347 e. The number of amides is 2. The number of hydrogen-bond donors (Lipinski definition) is 2. The molecule has 0 spiro atoms. The maximum absolute atomic E-state index is 12.6. The summed E-state index contributed by atoms with van der Waals surface area (Å²) in [6.07, 6.45) is 0. The van der Waals surface area contributed by atoms with Crippen molar-refractivity contribution in [2.24, 2.45) is 0 Å². The van der Waals surface area contributed by atoms with Gasteiger partial charge in [-0.1, -0.05) is 12.1 Å². The van der Waals surface area contributed by atoms with E-state index in [4.69, 9.17) is 0 Å². The van der Waals surface area contributed by atoms with Crippen molar-refractivity contribution in [1.82, 2.24) is 15.2 Å². The van der Waals surface area contributed by atoms with Gasteiger partial charge < -0.3 is 15.1 Å². The van der Waals surface area contributed by atoms with Crippen LogP contribution in [0.2, 0.25) is 0 Å². The van der Waals surface area contributed by atoms with Crippen molar-refractivity contribution in [2.45, 2.75) is 39.3 Å². The summed E-state index contributed by atoms with van der Waals surface area (Å²) >= 11 is 1.61. The molecule has 2 aromatic rings. The SMILES string of the molecule is C[C@@H](c1nc2ccccc2s1)N(C)C(=O)C[NH+](C)CC(=O)NC(C)(C)C. The molecule has 2 amide bonds. The van der Waals surface area contributed by atoms with E-state index in [2.05, 4.69) is 10.3 Å². The number of hydrogen-bond acceptors (Lipinski definition) is 4. The number of aromatic nitrogens is 1. The Hall–Kier alpha value is -1.99. The van der Waals surface area contributed by atoms with Gasteiger partial charge in [0.2, 0.25) is 0 Å². The molecule has 1 aromatic heterocycles. The number of thiazole rings is 1. The van der Waals surface area contributed by atoms with Gasteiger partial charge in [-0.3, -0.25) is 9.59 Å². The van der Waals surface area contributed by atoms with E-state index in [1.54, 1.807) is 23.3 Å². The Morgan fingerprint density at radius 3 is 2.54 bits per heavy atom. The number of likely N-dealkylation sites (N-methyl/N-ethyl adjacent to an activating group) is 2. The second-order valence-corrected chi connectivity index (χ2v) is 8.87. The van der Waals surface area contributed by atoms with Gasteiger partial charge in [0.25, 0.3) is 11.8 Å². The van der Waals surface area contributed by atoms with E-state index in [0.717, 1.165) is 20.1 Å². The van der Waals surface area contributed by atoms with Gasteiger partial charge in [-0.15, -0.1) is 11.3 Å². The molecule has 1 unspecified atom stereocenters. The number of nitrogens with zero attached hydrogens (tertiary/aromatic N) is 2. The first-order valence-electron chi connectivity index (χ1n) is 8.80. The fourth-order valence-corrected chi connectivity index (χ4v) is 3.70. The van der Waals surface area contributed by atoms with Crippen molar-refractivity contribution in [1.29, 1.82) is 0 Å². The minimum absolute atomic E-state index is 0.00202. The predicted molar refractivity (Wildman–Crippen MR) is 105 cm³/mol. The molecule has 0 saturated carbocycles. The maximum Gasteiger partial charge on any atom is 0.278 e. The number of carbonyl (C=O) groups is 2. The van der Waals surface area contributed by atoms with E-state index < -0.39 is 0 Å². The van der Waals surface area contributed by atoms with Crippen LogP contribution < -0.4 is 10.2 Å². The molecule has 0 fully saturated rings. The van der Waals surface area contributed by atoms with Crippen LogP contribution in [-0.2, 0) is 9.59 Å². The zero-order valence-electron chi connectivity index (χ0n) is 16.4.